The number of ether oxygens (including phenoxy) is 1. The van der Waals surface area contributed by atoms with E-state index in [2.05, 4.69) is 30.8 Å². The second kappa shape index (κ2) is 6.01. The fourth-order valence-electron chi connectivity index (χ4n) is 2.70. The molecular formula is C14H17BrN4O2. The standard InChI is InChI=1S/C14H17BrN4O2/c1-2-21-11(20)8-19-7-10(15)12-13(16-9-17-14(12)19)18-5-3-4-6-18/h7,9H,2-6,8H2,1H3. The Kier molecular flexibility index (Phi) is 4.10. The first-order chi connectivity index (χ1) is 10.2. The summed E-state index contributed by atoms with van der Waals surface area (Å²) in [6.07, 6.45) is 5.80. The third kappa shape index (κ3) is 2.74. The van der Waals surface area contributed by atoms with Gasteiger partial charge in [0.25, 0.3) is 0 Å². The van der Waals surface area contributed by atoms with Crippen LogP contribution in [0.15, 0.2) is 17.0 Å². The second-order valence-corrected chi connectivity index (χ2v) is 5.85. The predicted octanol–water partition coefficient (Wildman–Crippen LogP) is 2.36. The first kappa shape index (κ1) is 14.3. The molecule has 3 heterocycles. The minimum absolute atomic E-state index is 0.159. The third-order valence-electron chi connectivity index (χ3n) is 3.60. The summed E-state index contributed by atoms with van der Waals surface area (Å²) in [6.45, 7) is 4.37. The van der Waals surface area contributed by atoms with Gasteiger partial charge in [-0.25, -0.2) is 9.97 Å². The molecule has 0 atom stereocenters. The highest BCUT2D eigenvalue weighted by Gasteiger charge is 2.21. The molecule has 0 aromatic carbocycles. The number of carbonyl (C=O) groups excluding carboxylic acids is 1. The Balaban J connectivity index is 2.00. The summed E-state index contributed by atoms with van der Waals surface area (Å²) in [5.41, 5.74) is 0.756. The van der Waals surface area contributed by atoms with E-state index in [0.717, 1.165) is 34.4 Å². The van der Waals surface area contributed by atoms with Gasteiger partial charge in [-0.3, -0.25) is 4.79 Å². The molecule has 0 saturated carbocycles. The molecule has 1 saturated heterocycles. The molecule has 21 heavy (non-hydrogen) atoms. The number of hydrogen-bond acceptors (Lipinski definition) is 5. The SMILES string of the molecule is CCOC(=O)Cn1cc(Br)c2c(N3CCCC3)ncnc21. The number of esters is 1. The van der Waals surface area contributed by atoms with Crippen LogP contribution in [0.3, 0.4) is 0 Å². The summed E-state index contributed by atoms with van der Waals surface area (Å²) in [7, 11) is 0. The zero-order valence-electron chi connectivity index (χ0n) is 11.9. The van der Waals surface area contributed by atoms with Gasteiger partial charge in [-0.1, -0.05) is 0 Å². The molecule has 0 aliphatic carbocycles. The molecule has 1 aliphatic rings. The van der Waals surface area contributed by atoms with Crippen LogP contribution in [0.5, 0.6) is 0 Å². The molecule has 6 nitrogen and oxygen atoms in total. The highest BCUT2D eigenvalue weighted by atomic mass is 79.9. The van der Waals surface area contributed by atoms with E-state index in [4.69, 9.17) is 4.74 Å². The number of carbonyl (C=O) groups is 1. The number of halogens is 1. The van der Waals surface area contributed by atoms with Crippen LogP contribution in [0.25, 0.3) is 11.0 Å². The molecule has 0 N–H and O–H groups in total. The number of fused-ring (bicyclic) bond motifs is 1. The van der Waals surface area contributed by atoms with Gasteiger partial charge in [0.1, 0.15) is 24.3 Å². The molecule has 7 heteroatoms. The highest BCUT2D eigenvalue weighted by molar-refractivity contribution is 9.10. The molecule has 112 valence electrons. The van der Waals surface area contributed by atoms with Crippen LogP contribution in [-0.4, -0.2) is 40.2 Å². The number of rotatable bonds is 4. The van der Waals surface area contributed by atoms with Crippen LogP contribution in [0.4, 0.5) is 5.82 Å². The quantitative estimate of drug-likeness (QED) is 0.790. The largest absolute Gasteiger partial charge is 0.465 e. The van der Waals surface area contributed by atoms with Gasteiger partial charge >= 0.3 is 5.97 Å². The van der Waals surface area contributed by atoms with Gasteiger partial charge in [-0.15, -0.1) is 0 Å². The molecule has 0 radical (unpaired) electrons. The third-order valence-corrected chi connectivity index (χ3v) is 4.20. The van der Waals surface area contributed by atoms with Crippen LogP contribution in [-0.2, 0) is 16.1 Å². The van der Waals surface area contributed by atoms with Crippen LogP contribution < -0.4 is 4.90 Å². The van der Waals surface area contributed by atoms with Crippen LogP contribution in [0.2, 0.25) is 0 Å². The Morgan fingerprint density at radius 1 is 1.38 bits per heavy atom. The van der Waals surface area contributed by atoms with Crippen LogP contribution in [0, 0.1) is 0 Å². The van der Waals surface area contributed by atoms with Crippen molar-refractivity contribution in [3.05, 3.63) is 17.0 Å². The Bertz CT molecular complexity index is 664. The summed E-state index contributed by atoms with van der Waals surface area (Å²) in [4.78, 5) is 22.7. The second-order valence-electron chi connectivity index (χ2n) is 5.00. The molecule has 2 aromatic rings. The molecule has 0 unspecified atom stereocenters. The van der Waals surface area contributed by atoms with Crippen LogP contribution in [0.1, 0.15) is 19.8 Å². The van der Waals surface area contributed by atoms with Gasteiger partial charge in [0.15, 0.2) is 0 Å². The molecular weight excluding hydrogens is 336 g/mol. The van der Waals surface area contributed by atoms with Gasteiger partial charge in [-0.05, 0) is 35.7 Å². The van der Waals surface area contributed by atoms with Gasteiger partial charge in [-0.2, -0.15) is 0 Å². The van der Waals surface area contributed by atoms with E-state index >= 15 is 0 Å². The lowest BCUT2D eigenvalue weighted by molar-refractivity contribution is -0.143. The van der Waals surface area contributed by atoms with Crippen molar-refractivity contribution in [2.24, 2.45) is 0 Å². The maximum absolute atomic E-state index is 11.7. The summed E-state index contributed by atoms with van der Waals surface area (Å²) < 4.78 is 7.72. The van der Waals surface area contributed by atoms with Crippen molar-refractivity contribution >= 4 is 38.8 Å². The zero-order valence-corrected chi connectivity index (χ0v) is 13.5. The topological polar surface area (TPSA) is 60.2 Å². The Morgan fingerprint density at radius 3 is 2.86 bits per heavy atom. The Hall–Kier alpha value is -1.63. The fraction of sp³-hybridized carbons (Fsp3) is 0.500. The van der Waals surface area contributed by atoms with Crippen molar-refractivity contribution < 1.29 is 9.53 Å². The lowest BCUT2D eigenvalue weighted by atomic mass is 10.3. The number of nitrogens with zero attached hydrogens (tertiary/aromatic N) is 4. The summed E-state index contributed by atoms with van der Waals surface area (Å²) in [5.74, 6) is 0.676. The summed E-state index contributed by atoms with van der Waals surface area (Å²) in [6, 6.07) is 0. The molecule has 0 spiro atoms. The predicted molar refractivity (Wildman–Crippen MR) is 83.3 cm³/mol. The smallest absolute Gasteiger partial charge is 0.325 e. The minimum atomic E-state index is -0.261. The summed E-state index contributed by atoms with van der Waals surface area (Å²) >= 11 is 3.56. The number of anilines is 1. The van der Waals surface area contributed by atoms with Gasteiger partial charge < -0.3 is 14.2 Å². The number of hydrogen-bond donors (Lipinski definition) is 0. The zero-order chi connectivity index (χ0) is 14.8. The highest BCUT2D eigenvalue weighted by Crippen LogP contribution is 2.33. The first-order valence-corrected chi connectivity index (χ1v) is 7.90. The maximum Gasteiger partial charge on any atom is 0.325 e. The van der Waals surface area contributed by atoms with Gasteiger partial charge in [0.05, 0.1) is 12.0 Å². The van der Waals surface area contributed by atoms with E-state index < -0.39 is 0 Å². The minimum Gasteiger partial charge on any atom is -0.465 e. The van der Waals surface area contributed by atoms with Crippen molar-refractivity contribution in [1.82, 2.24) is 14.5 Å². The van der Waals surface area contributed by atoms with E-state index in [-0.39, 0.29) is 12.5 Å². The van der Waals surface area contributed by atoms with Crippen LogP contribution >= 0.6 is 15.9 Å². The van der Waals surface area contributed by atoms with Crippen molar-refractivity contribution in [2.45, 2.75) is 26.3 Å². The average molecular weight is 353 g/mol. The van der Waals surface area contributed by atoms with Crippen molar-refractivity contribution in [2.75, 3.05) is 24.6 Å². The number of aromatic nitrogens is 3. The van der Waals surface area contributed by atoms with E-state index in [0.29, 0.717) is 6.61 Å². The van der Waals surface area contributed by atoms with E-state index in [1.807, 2.05) is 6.20 Å². The van der Waals surface area contributed by atoms with E-state index in [1.54, 1.807) is 17.8 Å². The molecule has 2 aromatic heterocycles. The Morgan fingerprint density at radius 2 is 2.14 bits per heavy atom. The maximum atomic E-state index is 11.7. The van der Waals surface area contributed by atoms with E-state index in [1.165, 1.54) is 12.8 Å². The molecule has 0 bridgehead atoms. The lowest BCUT2D eigenvalue weighted by Gasteiger charge is -2.17. The summed E-state index contributed by atoms with van der Waals surface area (Å²) in [5, 5.41) is 0.962. The Labute approximate surface area is 131 Å². The van der Waals surface area contributed by atoms with E-state index in [9.17, 15) is 4.79 Å². The molecule has 1 fully saturated rings. The van der Waals surface area contributed by atoms with Crippen molar-refractivity contribution in [3.8, 4) is 0 Å². The monoisotopic (exact) mass is 352 g/mol. The van der Waals surface area contributed by atoms with Gasteiger partial charge in [0, 0.05) is 23.8 Å². The van der Waals surface area contributed by atoms with Gasteiger partial charge in [0.2, 0.25) is 0 Å². The average Bonchev–Trinajstić information content (AvgIpc) is 3.09. The molecule has 1 aliphatic heterocycles. The van der Waals surface area contributed by atoms with Crippen molar-refractivity contribution in [3.63, 3.8) is 0 Å². The lowest BCUT2D eigenvalue weighted by Crippen LogP contribution is -2.19. The molecule has 0 amide bonds. The molecule has 3 rings (SSSR count). The fourth-order valence-corrected chi connectivity index (χ4v) is 3.30. The normalized spacial score (nSPS) is 14.9. The first-order valence-electron chi connectivity index (χ1n) is 7.10. The van der Waals surface area contributed by atoms with Crippen molar-refractivity contribution in [1.29, 1.82) is 0 Å².